The second kappa shape index (κ2) is 6.97. The number of phenols is 1. The molecular formula is C23H17N5O2. The summed E-state index contributed by atoms with van der Waals surface area (Å²) in [4.78, 5) is 17.6. The number of fused-ring (bicyclic) bond motifs is 3. The summed E-state index contributed by atoms with van der Waals surface area (Å²) in [6.45, 7) is 1.84. The monoisotopic (exact) mass is 395 g/mol. The summed E-state index contributed by atoms with van der Waals surface area (Å²) in [6, 6.07) is 21.4. The number of hydrogen-bond acceptors (Lipinski definition) is 6. The van der Waals surface area contributed by atoms with E-state index < -0.39 is 0 Å². The number of benzene rings is 3. The third-order valence-corrected chi connectivity index (χ3v) is 4.94. The fourth-order valence-electron chi connectivity index (χ4n) is 3.46. The van der Waals surface area contributed by atoms with Gasteiger partial charge in [-0.25, -0.2) is 4.98 Å². The quantitative estimate of drug-likeness (QED) is 0.349. The molecule has 0 saturated carbocycles. The highest BCUT2D eigenvalue weighted by atomic mass is 16.3. The maximum atomic E-state index is 12.9. The van der Waals surface area contributed by atoms with E-state index in [0.717, 1.165) is 5.52 Å². The van der Waals surface area contributed by atoms with Crippen LogP contribution >= 0.6 is 0 Å². The summed E-state index contributed by atoms with van der Waals surface area (Å²) in [5.74, 6) is 1.18. The summed E-state index contributed by atoms with van der Waals surface area (Å²) >= 11 is 0. The first-order chi connectivity index (χ1) is 14.6. The number of phenolic OH excluding ortho intramolecular Hbond substituents is 1. The van der Waals surface area contributed by atoms with E-state index in [1.54, 1.807) is 42.5 Å². The van der Waals surface area contributed by atoms with Crippen molar-refractivity contribution in [2.45, 2.75) is 6.92 Å². The summed E-state index contributed by atoms with van der Waals surface area (Å²) in [7, 11) is 0. The van der Waals surface area contributed by atoms with Crippen molar-refractivity contribution in [1.29, 1.82) is 0 Å². The predicted octanol–water partition coefficient (Wildman–Crippen LogP) is 4.27. The molecule has 7 nitrogen and oxygen atoms in total. The van der Waals surface area contributed by atoms with Crippen LogP contribution < -0.4 is 5.32 Å². The van der Waals surface area contributed by atoms with Gasteiger partial charge in [0.1, 0.15) is 11.6 Å². The van der Waals surface area contributed by atoms with Crippen LogP contribution in [-0.4, -0.2) is 30.5 Å². The van der Waals surface area contributed by atoms with Gasteiger partial charge in [0.05, 0.1) is 16.7 Å². The van der Waals surface area contributed by atoms with Gasteiger partial charge in [-0.1, -0.05) is 42.5 Å². The van der Waals surface area contributed by atoms with E-state index in [1.165, 1.54) is 0 Å². The van der Waals surface area contributed by atoms with E-state index in [2.05, 4.69) is 20.5 Å². The Morgan fingerprint density at radius 1 is 0.933 bits per heavy atom. The second-order valence-electron chi connectivity index (χ2n) is 6.91. The fourth-order valence-corrected chi connectivity index (χ4v) is 3.46. The largest absolute Gasteiger partial charge is 0.506 e. The highest BCUT2D eigenvalue weighted by Gasteiger charge is 2.16. The van der Waals surface area contributed by atoms with Gasteiger partial charge >= 0.3 is 0 Å². The Labute approximate surface area is 171 Å². The van der Waals surface area contributed by atoms with E-state index in [1.807, 2.05) is 41.7 Å². The Bertz CT molecular complexity index is 1410. The smallest absolute Gasteiger partial charge is 0.204 e. The van der Waals surface area contributed by atoms with Crippen LogP contribution in [-0.2, 0) is 0 Å². The lowest BCUT2D eigenvalue weighted by atomic mass is 10.0. The molecule has 0 spiro atoms. The molecule has 0 aliphatic heterocycles. The number of aryl methyl sites for hydroxylation is 1. The number of aromatic nitrogens is 4. The van der Waals surface area contributed by atoms with Crippen molar-refractivity contribution in [2.24, 2.45) is 0 Å². The molecule has 0 radical (unpaired) electrons. The molecule has 0 aliphatic rings. The van der Waals surface area contributed by atoms with E-state index in [9.17, 15) is 9.90 Å². The maximum absolute atomic E-state index is 12.9. The van der Waals surface area contributed by atoms with Crippen molar-refractivity contribution in [1.82, 2.24) is 19.6 Å². The van der Waals surface area contributed by atoms with Crippen molar-refractivity contribution in [2.75, 3.05) is 5.32 Å². The number of nitrogens with zero attached hydrogens (tertiary/aromatic N) is 4. The Hall–Kier alpha value is -4.26. The van der Waals surface area contributed by atoms with Crippen LogP contribution in [0.15, 0.2) is 72.8 Å². The first kappa shape index (κ1) is 17.8. The third kappa shape index (κ3) is 2.93. The third-order valence-electron chi connectivity index (χ3n) is 4.94. The van der Waals surface area contributed by atoms with Gasteiger partial charge in [-0.2, -0.15) is 0 Å². The standard InChI is InChI=1S/C23H17N5O2/c1-14-26-27-23-22(25-18-9-5-6-10-20(18)29)24-17-12-11-16(13-19(17)28(14)23)21(30)15-7-3-2-4-8-15/h2-13,29H,1H3,(H,24,25). The molecule has 2 N–H and O–H groups in total. The molecule has 0 bridgehead atoms. The highest BCUT2D eigenvalue weighted by Crippen LogP contribution is 2.29. The van der Waals surface area contributed by atoms with Crippen LogP contribution in [0.1, 0.15) is 21.7 Å². The number of rotatable bonds is 4. The lowest BCUT2D eigenvalue weighted by Gasteiger charge is -2.11. The molecule has 0 unspecified atom stereocenters. The van der Waals surface area contributed by atoms with Gasteiger partial charge in [-0.05, 0) is 37.3 Å². The van der Waals surface area contributed by atoms with Gasteiger partial charge in [0.2, 0.25) is 5.65 Å². The van der Waals surface area contributed by atoms with Gasteiger partial charge < -0.3 is 10.4 Å². The summed E-state index contributed by atoms with van der Waals surface area (Å²) in [5, 5.41) is 21.7. The molecule has 2 heterocycles. The van der Waals surface area contributed by atoms with Gasteiger partial charge in [-0.15, -0.1) is 10.2 Å². The summed E-state index contributed by atoms with van der Waals surface area (Å²) in [6.07, 6.45) is 0. The first-order valence-corrected chi connectivity index (χ1v) is 9.42. The van der Waals surface area contributed by atoms with E-state index in [0.29, 0.717) is 39.6 Å². The average molecular weight is 395 g/mol. The number of nitrogens with one attached hydrogen (secondary N) is 1. The molecular weight excluding hydrogens is 378 g/mol. The molecule has 0 aliphatic carbocycles. The van der Waals surface area contributed by atoms with Crippen LogP contribution in [0.4, 0.5) is 11.5 Å². The Morgan fingerprint density at radius 3 is 2.50 bits per heavy atom. The van der Waals surface area contributed by atoms with Crippen LogP contribution in [0.2, 0.25) is 0 Å². The maximum Gasteiger partial charge on any atom is 0.204 e. The molecule has 7 heteroatoms. The van der Waals surface area contributed by atoms with Crippen molar-refractivity contribution >= 4 is 34.0 Å². The van der Waals surface area contributed by atoms with Gasteiger partial charge in [0, 0.05) is 11.1 Å². The van der Waals surface area contributed by atoms with Gasteiger partial charge in [0.15, 0.2) is 11.6 Å². The fraction of sp³-hybridized carbons (Fsp3) is 0.0435. The molecule has 0 saturated heterocycles. The number of ketones is 1. The highest BCUT2D eigenvalue weighted by molar-refractivity contribution is 6.10. The van der Waals surface area contributed by atoms with Crippen molar-refractivity contribution < 1.29 is 9.90 Å². The molecule has 3 aromatic carbocycles. The second-order valence-corrected chi connectivity index (χ2v) is 6.91. The Balaban J connectivity index is 1.67. The zero-order valence-electron chi connectivity index (χ0n) is 16.1. The molecule has 146 valence electrons. The normalized spacial score (nSPS) is 11.1. The molecule has 5 aromatic rings. The number of hydrogen-bond donors (Lipinski definition) is 2. The Kier molecular flexibility index (Phi) is 4.14. The SMILES string of the molecule is Cc1nnc2c(Nc3ccccc3O)nc3ccc(C(=O)c4ccccc4)cc3n12. The predicted molar refractivity (Wildman–Crippen MR) is 114 cm³/mol. The lowest BCUT2D eigenvalue weighted by molar-refractivity contribution is 0.103. The van der Waals surface area contributed by atoms with E-state index in [-0.39, 0.29) is 11.5 Å². The minimum absolute atomic E-state index is 0.0622. The number of carbonyl (C=O) groups excluding carboxylic acids is 1. The van der Waals surface area contributed by atoms with Crippen LogP contribution in [0.25, 0.3) is 16.7 Å². The first-order valence-electron chi connectivity index (χ1n) is 9.42. The number of anilines is 2. The molecule has 0 amide bonds. The number of para-hydroxylation sites is 2. The molecule has 5 rings (SSSR count). The van der Waals surface area contributed by atoms with Crippen molar-refractivity contribution in [3.05, 3.63) is 89.7 Å². The Morgan fingerprint density at radius 2 is 1.70 bits per heavy atom. The zero-order valence-corrected chi connectivity index (χ0v) is 16.1. The van der Waals surface area contributed by atoms with E-state index in [4.69, 9.17) is 0 Å². The van der Waals surface area contributed by atoms with Gasteiger partial charge in [-0.3, -0.25) is 9.20 Å². The average Bonchev–Trinajstić information content (AvgIpc) is 3.17. The minimum Gasteiger partial charge on any atom is -0.506 e. The van der Waals surface area contributed by atoms with Crippen LogP contribution in [0.3, 0.4) is 0 Å². The van der Waals surface area contributed by atoms with Gasteiger partial charge in [0.25, 0.3) is 0 Å². The number of aromatic hydroxyl groups is 1. The zero-order chi connectivity index (χ0) is 20.7. The van der Waals surface area contributed by atoms with Crippen LogP contribution in [0.5, 0.6) is 5.75 Å². The molecule has 30 heavy (non-hydrogen) atoms. The molecule has 0 fully saturated rings. The van der Waals surface area contributed by atoms with Crippen LogP contribution in [0, 0.1) is 6.92 Å². The topological polar surface area (TPSA) is 92.4 Å². The minimum atomic E-state index is -0.0622. The molecule has 2 aromatic heterocycles. The summed E-state index contributed by atoms with van der Waals surface area (Å²) < 4.78 is 1.85. The lowest BCUT2D eigenvalue weighted by Crippen LogP contribution is -2.04. The van der Waals surface area contributed by atoms with E-state index >= 15 is 0 Å². The van der Waals surface area contributed by atoms with Crippen molar-refractivity contribution in [3.63, 3.8) is 0 Å². The summed E-state index contributed by atoms with van der Waals surface area (Å²) in [5.41, 5.74) is 3.62. The number of carbonyl (C=O) groups is 1. The molecule has 0 atom stereocenters. The van der Waals surface area contributed by atoms with Crippen molar-refractivity contribution in [3.8, 4) is 5.75 Å².